The third-order valence-electron chi connectivity index (χ3n) is 4.34. The number of rotatable bonds is 6. The van der Waals surface area contributed by atoms with E-state index in [2.05, 4.69) is 31.0 Å². The Labute approximate surface area is 127 Å². The summed E-state index contributed by atoms with van der Waals surface area (Å²) in [5.41, 5.74) is 0.806. The van der Waals surface area contributed by atoms with Crippen molar-refractivity contribution >= 4 is 0 Å². The minimum atomic E-state index is -0.124. The van der Waals surface area contributed by atoms with E-state index in [1.165, 1.54) is 6.07 Å². The molecule has 1 aliphatic heterocycles. The number of hydrogen-bond acceptors (Lipinski definition) is 3. The summed E-state index contributed by atoms with van der Waals surface area (Å²) >= 11 is 0. The van der Waals surface area contributed by atoms with Crippen LogP contribution in [0.25, 0.3) is 0 Å². The van der Waals surface area contributed by atoms with E-state index < -0.39 is 0 Å². The number of nitrogens with zero attached hydrogens (tertiary/aromatic N) is 1. The largest absolute Gasteiger partial charge is 0.379 e. The zero-order valence-electron chi connectivity index (χ0n) is 13.4. The van der Waals surface area contributed by atoms with Gasteiger partial charge in [-0.2, -0.15) is 0 Å². The van der Waals surface area contributed by atoms with E-state index in [0.717, 1.165) is 44.8 Å². The summed E-state index contributed by atoms with van der Waals surface area (Å²) in [7, 11) is 0. The van der Waals surface area contributed by atoms with Crippen molar-refractivity contribution in [3.63, 3.8) is 0 Å². The molecule has 3 nitrogen and oxygen atoms in total. The lowest BCUT2D eigenvalue weighted by Crippen LogP contribution is -2.55. The molecule has 4 heteroatoms. The molecule has 1 aromatic carbocycles. The van der Waals surface area contributed by atoms with Crippen molar-refractivity contribution in [2.75, 3.05) is 32.8 Å². The third kappa shape index (κ3) is 4.25. The Morgan fingerprint density at radius 2 is 1.95 bits per heavy atom. The van der Waals surface area contributed by atoms with Crippen molar-refractivity contribution < 1.29 is 9.13 Å². The highest BCUT2D eigenvalue weighted by molar-refractivity contribution is 5.21. The molecule has 1 N–H and O–H groups in total. The van der Waals surface area contributed by atoms with E-state index in [-0.39, 0.29) is 17.4 Å². The average Bonchev–Trinajstić information content (AvgIpc) is 2.50. The fourth-order valence-corrected chi connectivity index (χ4v) is 2.89. The minimum Gasteiger partial charge on any atom is -0.379 e. The van der Waals surface area contributed by atoms with Crippen molar-refractivity contribution in [2.45, 2.75) is 38.8 Å². The molecule has 0 saturated carbocycles. The van der Waals surface area contributed by atoms with Crippen molar-refractivity contribution in [1.82, 2.24) is 10.2 Å². The Morgan fingerprint density at radius 1 is 1.29 bits per heavy atom. The molecule has 118 valence electrons. The summed E-state index contributed by atoms with van der Waals surface area (Å²) in [5.74, 6) is -0.124. The van der Waals surface area contributed by atoms with Gasteiger partial charge in [0.15, 0.2) is 0 Å². The van der Waals surface area contributed by atoms with Gasteiger partial charge in [0, 0.05) is 36.8 Å². The first-order valence-corrected chi connectivity index (χ1v) is 7.85. The van der Waals surface area contributed by atoms with Gasteiger partial charge in [-0.15, -0.1) is 0 Å². The smallest absolute Gasteiger partial charge is 0.127 e. The Morgan fingerprint density at radius 3 is 2.57 bits per heavy atom. The van der Waals surface area contributed by atoms with Gasteiger partial charge < -0.3 is 10.1 Å². The summed E-state index contributed by atoms with van der Waals surface area (Å²) in [5, 5.41) is 3.54. The highest BCUT2D eigenvalue weighted by atomic mass is 19.1. The highest BCUT2D eigenvalue weighted by Crippen LogP contribution is 2.22. The first-order valence-electron chi connectivity index (χ1n) is 7.85. The second-order valence-electron chi connectivity index (χ2n) is 6.28. The zero-order valence-corrected chi connectivity index (χ0v) is 13.4. The number of ether oxygens (including phenoxy) is 1. The maximum atomic E-state index is 13.9. The summed E-state index contributed by atoms with van der Waals surface area (Å²) in [6.07, 6.45) is 0.875. The van der Waals surface area contributed by atoms with Crippen LogP contribution in [-0.2, 0) is 4.74 Å². The van der Waals surface area contributed by atoms with E-state index >= 15 is 0 Å². The number of hydrogen-bond donors (Lipinski definition) is 1. The van der Waals surface area contributed by atoms with Crippen LogP contribution >= 0.6 is 0 Å². The van der Waals surface area contributed by atoms with Gasteiger partial charge in [0.05, 0.1) is 13.2 Å². The fraction of sp³-hybridized carbons (Fsp3) is 0.647. The monoisotopic (exact) mass is 294 g/mol. The van der Waals surface area contributed by atoms with E-state index in [4.69, 9.17) is 4.74 Å². The molecule has 1 unspecified atom stereocenters. The number of nitrogens with one attached hydrogen (secondary N) is 1. The van der Waals surface area contributed by atoms with E-state index in [1.807, 2.05) is 12.1 Å². The molecule has 0 aliphatic carbocycles. The molecule has 2 rings (SSSR count). The molecule has 0 bridgehead atoms. The van der Waals surface area contributed by atoms with Crippen LogP contribution in [0.1, 0.15) is 38.8 Å². The molecule has 21 heavy (non-hydrogen) atoms. The van der Waals surface area contributed by atoms with E-state index in [1.54, 1.807) is 6.07 Å². The Kier molecular flexibility index (Phi) is 5.73. The van der Waals surface area contributed by atoms with Crippen LogP contribution < -0.4 is 5.32 Å². The number of morpholine rings is 1. The normalized spacial score (nSPS) is 18.7. The van der Waals surface area contributed by atoms with Crippen LogP contribution in [0.3, 0.4) is 0 Å². The summed E-state index contributed by atoms with van der Waals surface area (Å²) in [6.45, 7) is 10.9. The van der Waals surface area contributed by atoms with Gasteiger partial charge in [0.2, 0.25) is 0 Å². The molecular formula is C17H27FN2O. The summed E-state index contributed by atoms with van der Waals surface area (Å²) in [4.78, 5) is 2.44. The van der Waals surface area contributed by atoms with Gasteiger partial charge in [0.1, 0.15) is 5.82 Å². The first kappa shape index (κ1) is 16.4. The molecule has 1 saturated heterocycles. The van der Waals surface area contributed by atoms with Gasteiger partial charge in [-0.3, -0.25) is 4.90 Å². The van der Waals surface area contributed by atoms with Gasteiger partial charge >= 0.3 is 0 Å². The maximum absolute atomic E-state index is 13.9. The van der Waals surface area contributed by atoms with E-state index in [0.29, 0.717) is 0 Å². The van der Waals surface area contributed by atoms with Crippen LogP contribution in [-0.4, -0.2) is 43.3 Å². The molecular weight excluding hydrogens is 267 g/mol. The standard InChI is InChI=1S/C17H27FN2O/c1-4-16(14-7-5-6-8-15(14)18)19-13-17(2,3)20-9-11-21-12-10-20/h5-8,16,19H,4,9-13H2,1-3H3. The lowest BCUT2D eigenvalue weighted by Gasteiger charge is -2.41. The predicted octanol–water partition coefficient (Wildman–Crippen LogP) is 2.98. The van der Waals surface area contributed by atoms with Crippen molar-refractivity contribution in [3.8, 4) is 0 Å². The number of benzene rings is 1. The average molecular weight is 294 g/mol. The third-order valence-corrected chi connectivity index (χ3v) is 4.34. The second kappa shape index (κ2) is 7.34. The zero-order chi connectivity index (χ0) is 15.3. The van der Waals surface area contributed by atoms with Crippen LogP contribution in [0.2, 0.25) is 0 Å². The van der Waals surface area contributed by atoms with Crippen molar-refractivity contribution in [3.05, 3.63) is 35.6 Å². The van der Waals surface area contributed by atoms with Crippen LogP contribution in [0.15, 0.2) is 24.3 Å². The summed E-state index contributed by atoms with van der Waals surface area (Å²) in [6, 6.07) is 7.11. The molecule has 1 aliphatic rings. The van der Waals surface area contributed by atoms with Gasteiger partial charge in [-0.1, -0.05) is 25.1 Å². The fourth-order valence-electron chi connectivity index (χ4n) is 2.89. The first-order chi connectivity index (χ1) is 10.0. The predicted molar refractivity (Wildman–Crippen MR) is 83.9 cm³/mol. The quantitative estimate of drug-likeness (QED) is 0.873. The molecule has 0 radical (unpaired) electrons. The number of halogens is 1. The topological polar surface area (TPSA) is 24.5 Å². The molecule has 1 atom stereocenters. The van der Waals surface area contributed by atoms with Crippen molar-refractivity contribution in [2.24, 2.45) is 0 Å². The minimum absolute atomic E-state index is 0.0441. The van der Waals surface area contributed by atoms with Crippen LogP contribution in [0, 0.1) is 5.82 Å². The molecule has 1 heterocycles. The lowest BCUT2D eigenvalue weighted by molar-refractivity contribution is -0.0104. The van der Waals surface area contributed by atoms with Crippen LogP contribution in [0.5, 0.6) is 0 Å². The Bertz CT molecular complexity index is 444. The Hall–Kier alpha value is -0.970. The van der Waals surface area contributed by atoms with Gasteiger partial charge in [-0.05, 0) is 26.3 Å². The molecule has 0 aromatic heterocycles. The van der Waals surface area contributed by atoms with E-state index in [9.17, 15) is 4.39 Å². The summed E-state index contributed by atoms with van der Waals surface area (Å²) < 4.78 is 19.3. The SMILES string of the molecule is CCC(NCC(C)(C)N1CCOCC1)c1ccccc1F. The van der Waals surface area contributed by atoms with Crippen LogP contribution in [0.4, 0.5) is 4.39 Å². The highest BCUT2D eigenvalue weighted by Gasteiger charge is 2.29. The molecule has 0 amide bonds. The molecule has 1 aromatic rings. The maximum Gasteiger partial charge on any atom is 0.127 e. The van der Waals surface area contributed by atoms with Gasteiger partial charge in [0.25, 0.3) is 0 Å². The van der Waals surface area contributed by atoms with Crippen molar-refractivity contribution in [1.29, 1.82) is 0 Å². The Balaban J connectivity index is 1.97. The molecule has 0 spiro atoms. The second-order valence-corrected chi connectivity index (χ2v) is 6.28. The lowest BCUT2D eigenvalue weighted by atomic mass is 9.99. The molecule has 1 fully saturated rings. The van der Waals surface area contributed by atoms with Gasteiger partial charge in [-0.25, -0.2) is 4.39 Å².